The number of rotatable bonds is 1. The summed E-state index contributed by atoms with van der Waals surface area (Å²) in [5, 5.41) is 0. The lowest BCUT2D eigenvalue weighted by atomic mass is 9.77. The highest BCUT2D eigenvalue weighted by molar-refractivity contribution is 5.36. The molecule has 0 bridgehead atoms. The summed E-state index contributed by atoms with van der Waals surface area (Å²) in [5.41, 5.74) is 3.19. The van der Waals surface area contributed by atoms with Crippen molar-refractivity contribution in [3.63, 3.8) is 0 Å². The number of allylic oxidation sites excluding steroid dienone is 6. The molecule has 0 heterocycles. The normalized spacial score (nSPS) is 32.7. The lowest BCUT2D eigenvalue weighted by Crippen LogP contribution is -2.15. The van der Waals surface area contributed by atoms with E-state index in [0.29, 0.717) is 0 Å². The molecule has 0 N–H and O–H groups in total. The van der Waals surface area contributed by atoms with Gasteiger partial charge in [0.05, 0.1) is 0 Å². The van der Waals surface area contributed by atoms with Crippen molar-refractivity contribution in [2.24, 2.45) is 17.3 Å². The van der Waals surface area contributed by atoms with Gasteiger partial charge in [-0.15, -0.1) is 0 Å². The van der Waals surface area contributed by atoms with Crippen LogP contribution in [0.1, 0.15) is 53.4 Å². The van der Waals surface area contributed by atoms with E-state index in [1.165, 1.54) is 31.3 Å². The monoisotopic (exact) mass is 230 g/mol. The van der Waals surface area contributed by atoms with Gasteiger partial charge in [0.1, 0.15) is 0 Å². The molecule has 2 rings (SSSR count). The fourth-order valence-corrected chi connectivity index (χ4v) is 3.23. The van der Waals surface area contributed by atoms with Crippen molar-refractivity contribution in [2.45, 2.75) is 53.4 Å². The largest absolute Gasteiger partial charge is 0.0721 e. The highest BCUT2D eigenvalue weighted by Gasteiger charge is 2.23. The van der Waals surface area contributed by atoms with Crippen LogP contribution >= 0.6 is 0 Å². The second kappa shape index (κ2) is 4.84. The third-order valence-corrected chi connectivity index (χ3v) is 4.16. The Hall–Kier alpha value is -0.780. The smallest absolute Gasteiger partial charge is 0.00160 e. The van der Waals surface area contributed by atoms with Gasteiger partial charge in [-0.2, -0.15) is 0 Å². The SMILES string of the molecule is CC1=CC(C)(C)C=C(C2CCC(C)CC2)C=C1. The van der Waals surface area contributed by atoms with Gasteiger partial charge in [-0.1, -0.05) is 63.5 Å². The Morgan fingerprint density at radius 3 is 2.29 bits per heavy atom. The Labute approximate surface area is 106 Å². The predicted molar refractivity (Wildman–Crippen MR) is 75.9 cm³/mol. The first-order valence-electron chi connectivity index (χ1n) is 7.06. The van der Waals surface area contributed by atoms with Gasteiger partial charge in [0.15, 0.2) is 0 Å². The number of hydrogen-bond donors (Lipinski definition) is 0. The topological polar surface area (TPSA) is 0 Å². The molecule has 1 saturated carbocycles. The summed E-state index contributed by atoms with van der Waals surface area (Å²) in [6.07, 6.45) is 15.1. The third-order valence-electron chi connectivity index (χ3n) is 4.16. The fourth-order valence-electron chi connectivity index (χ4n) is 3.23. The van der Waals surface area contributed by atoms with Crippen molar-refractivity contribution in [3.8, 4) is 0 Å². The van der Waals surface area contributed by atoms with Crippen LogP contribution in [0.3, 0.4) is 0 Å². The van der Waals surface area contributed by atoms with Gasteiger partial charge in [0, 0.05) is 5.41 Å². The summed E-state index contributed by atoms with van der Waals surface area (Å²) in [6, 6.07) is 0. The van der Waals surface area contributed by atoms with E-state index in [9.17, 15) is 0 Å². The van der Waals surface area contributed by atoms with Crippen LogP contribution in [-0.4, -0.2) is 0 Å². The molecule has 0 aromatic carbocycles. The predicted octanol–water partition coefficient (Wildman–Crippen LogP) is 5.28. The Morgan fingerprint density at radius 2 is 1.65 bits per heavy atom. The van der Waals surface area contributed by atoms with E-state index in [0.717, 1.165) is 11.8 Å². The summed E-state index contributed by atoms with van der Waals surface area (Å²) in [5.74, 6) is 1.75. The maximum atomic E-state index is 2.49. The molecule has 94 valence electrons. The van der Waals surface area contributed by atoms with Crippen molar-refractivity contribution in [1.29, 1.82) is 0 Å². The van der Waals surface area contributed by atoms with Crippen molar-refractivity contribution in [2.75, 3.05) is 0 Å². The molecule has 0 unspecified atom stereocenters. The van der Waals surface area contributed by atoms with E-state index in [1.54, 1.807) is 5.57 Å². The molecule has 0 aromatic rings. The van der Waals surface area contributed by atoms with E-state index >= 15 is 0 Å². The second-order valence-electron chi connectivity index (χ2n) is 6.64. The minimum Gasteiger partial charge on any atom is -0.0721 e. The van der Waals surface area contributed by atoms with Crippen molar-refractivity contribution >= 4 is 0 Å². The average Bonchev–Trinajstić information content (AvgIpc) is 2.37. The molecule has 2 aliphatic rings. The van der Waals surface area contributed by atoms with Gasteiger partial charge < -0.3 is 0 Å². The molecule has 17 heavy (non-hydrogen) atoms. The standard InChI is InChI=1S/C17H26/c1-13-5-8-15(9-6-13)16-10-7-14(2)11-17(3,4)12-16/h7,10-13,15H,5-6,8-9H2,1-4H3. The number of hydrogen-bond acceptors (Lipinski definition) is 0. The van der Waals surface area contributed by atoms with Gasteiger partial charge in [-0.3, -0.25) is 0 Å². The zero-order chi connectivity index (χ0) is 12.5. The van der Waals surface area contributed by atoms with Gasteiger partial charge in [0.2, 0.25) is 0 Å². The molecule has 0 saturated heterocycles. The molecule has 0 radical (unpaired) electrons. The van der Waals surface area contributed by atoms with Crippen LogP contribution in [0.4, 0.5) is 0 Å². The van der Waals surface area contributed by atoms with Crippen LogP contribution in [0.2, 0.25) is 0 Å². The maximum absolute atomic E-state index is 2.49. The molecule has 1 fully saturated rings. The summed E-state index contributed by atoms with van der Waals surface area (Å²) < 4.78 is 0. The zero-order valence-electron chi connectivity index (χ0n) is 11.8. The van der Waals surface area contributed by atoms with Crippen LogP contribution < -0.4 is 0 Å². The van der Waals surface area contributed by atoms with E-state index < -0.39 is 0 Å². The lowest BCUT2D eigenvalue weighted by Gasteiger charge is -2.28. The molecule has 0 heteroatoms. The molecular weight excluding hydrogens is 204 g/mol. The average molecular weight is 230 g/mol. The molecule has 0 atom stereocenters. The van der Waals surface area contributed by atoms with E-state index in [1.807, 2.05) is 0 Å². The third kappa shape index (κ3) is 3.34. The van der Waals surface area contributed by atoms with Gasteiger partial charge >= 0.3 is 0 Å². The Kier molecular flexibility index (Phi) is 3.61. The molecule has 0 aliphatic heterocycles. The molecular formula is C17H26. The Bertz CT molecular complexity index is 357. The second-order valence-corrected chi connectivity index (χ2v) is 6.64. The van der Waals surface area contributed by atoms with Crippen LogP contribution in [0.15, 0.2) is 35.5 Å². The lowest BCUT2D eigenvalue weighted by molar-refractivity contribution is 0.322. The van der Waals surface area contributed by atoms with Crippen molar-refractivity contribution in [3.05, 3.63) is 35.5 Å². The van der Waals surface area contributed by atoms with Crippen LogP contribution in [-0.2, 0) is 0 Å². The molecule has 0 amide bonds. The first-order chi connectivity index (χ1) is 7.96. The van der Waals surface area contributed by atoms with Crippen LogP contribution in [0.5, 0.6) is 0 Å². The van der Waals surface area contributed by atoms with Gasteiger partial charge in [0.25, 0.3) is 0 Å². The summed E-state index contributed by atoms with van der Waals surface area (Å²) in [7, 11) is 0. The van der Waals surface area contributed by atoms with Crippen molar-refractivity contribution in [1.82, 2.24) is 0 Å². The minimum absolute atomic E-state index is 0.214. The molecule has 0 aromatic heterocycles. The van der Waals surface area contributed by atoms with Gasteiger partial charge in [-0.05, 0) is 37.2 Å². The summed E-state index contributed by atoms with van der Waals surface area (Å²) in [6.45, 7) is 9.23. The van der Waals surface area contributed by atoms with E-state index in [4.69, 9.17) is 0 Å². The summed E-state index contributed by atoms with van der Waals surface area (Å²) in [4.78, 5) is 0. The van der Waals surface area contributed by atoms with Gasteiger partial charge in [-0.25, -0.2) is 0 Å². The summed E-state index contributed by atoms with van der Waals surface area (Å²) >= 11 is 0. The first kappa shape index (κ1) is 12.7. The highest BCUT2D eigenvalue weighted by Crippen LogP contribution is 2.37. The highest BCUT2D eigenvalue weighted by atomic mass is 14.3. The molecule has 0 nitrogen and oxygen atoms in total. The van der Waals surface area contributed by atoms with Crippen LogP contribution in [0.25, 0.3) is 0 Å². The quantitative estimate of drug-likeness (QED) is 0.575. The molecule has 2 aliphatic carbocycles. The van der Waals surface area contributed by atoms with E-state index in [2.05, 4.69) is 52.0 Å². The zero-order valence-corrected chi connectivity index (χ0v) is 11.8. The fraction of sp³-hybridized carbons (Fsp3) is 0.647. The minimum atomic E-state index is 0.214. The molecule has 0 spiro atoms. The van der Waals surface area contributed by atoms with Crippen molar-refractivity contribution < 1.29 is 0 Å². The Morgan fingerprint density at radius 1 is 1.00 bits per heavy atom. The maximum Gasteiger partial charge on any atom is 0.00160 e. The van der Waals surface area contributed by atoms with Crippen LogP contribution in [0, 0.1) is 17.3 Å². The van der Waals surface area contributed by atoms with E-state index in [-0.39, 0.29) is 5.41 Å². The Balaban J connectivity index is 2.16. The first-order valence-corrected chi connectivity index (χ1v) is 7.06.